The summed E-state index contributed by atoms with van der Waals surface area (Å²) in [6, 6.07) is 0. The van der Waals surface area contributed by atoms with Gasteiger partial charge in [0.15, 0.2) is 0 Å². The van der Waals surface area contributed by atoms with Crippen LogP contribution in [-0.2, 0) is 0 Å². The number of aliphatic hydroxyl groups is 1. The monoisotopic (exact) mass is 302 g/mol. The Bertz CT molecular complexity index is 359. The normalized spacial score (nSPS) is 12.3. The number of aliphatic hydroxyl groups excluding tert-OH is 1. The Morgan fingerprint density at radius 2 is 2.24 bits per heavy atom. The molecule has 1 aromatic heterocycles. The van der Waals surface area contributed by atoms with Crippen LogP contribution in [0.25, 0.3) is 0 Å². The highest BCUT2D eigenvalue weighted by Crippen LogP contribution is 2.28. The van der Waals surface area contributed by atoms with Crippen LogP contribution in [0.5, 0.6) is 0 Å². The van der Waals surface area contributed by atoms with Crippen molar-refractivity contribution >= 4 is 27.6 Å². The highest BCUT2D eigenvalue weighted by molar-refractivity contribution is 9.10. The van der Waals surface area contributed by atoms with Gasteiger partial charge in [0.05, 0.1) is 6.10 Å². The lowest BCUT2D eigenvalue weighted by Crippen LogP contribution is -2.23. The van der Waals surface area contributed by atoms with Gasteiger partial charge in [-0.15, -0.1) is 0 Å². The summed E-state index contributed by atoms with van der Waals surface area (Å²) in [5.41, 5.74) is 0. The first-order valence-corrected chi connectivity index (χ1v) is 6.49. The second-order valence-corrected chi connectivity index (χ2v) is 4.74. The average Bonchev–Trinajstić information content (AvgIpc) is 2.29. The molecule has 0 bridgehead atoms. The van der Waals surface area contributed by atoms with Crippen molar-refractivity contribution < 1.29 is 5.11 Å². The fourth-order valence-electron chi connectivity index (χ4n) is 1.40. The van der Waals surface area contributed by atoms with Gasteiger partial charge in [0, 0.05) is 20.1 Å². The molecule has 0 radical (unpaired) electrons. The number of hydrogen-bond donors (Lipinski definition) is 2. The van der Waals surface area contributed by atoms with Crippen molar-refractivity contribution in [1.29, 1.82) is 0 Å². The van der Waals surface area contributed by atoms with E-state index in [0.29, 0.717) is 6.42 Å². The molecule has 0 saturated heterocycles. The molecule has 6 heteroatoms. The summed E-state index contributed by atoms with van der Waals surface area (Å²) in [5.74, 6) is 1.62. The smallest absolute Gasteiger partial charge is 0.148 e. The van der Waals surface area contributed by atoms with E-state index in [2.05, 4.69) is 31.2 Å². The van der Waals surface area contributed by atoms with Crippen LogP contribution >= 0.6 is 15.9 Å². The third-order valence-corrected chi connectivity index (χ3v) is 3.09. The molecule has 2 N–H and O–H groups in total. The quantitative estimate of drug-likeness (QED) is 0.840. The predicted octanol–water partition coefficient (Wildman–Crippen LogP) is 1.88. The van der Waals surface area contributed by atoms with Crippen molar-refractivity contribution in [2.45, 2.75) is 26.4 Å². The highest BCUT2D eigenvalue weighted by atomic mass is 79.9. The van der Waals surface area contributed by atoms with E-state index in [-0.39, 0.29) is 6.10 Å². The van der Waals surface area contributed by atoms with Gasteiger partial charge in [0.25, 0.3) is 0 Å². The third-order valence-electron chi connectivity index (χ3n) is 2.36. The van der Waals surface area contributed by atoms with Gasteiger partial charge >= 0.3 is 0 Å². The number of nitrogens with one attached hydrogen (secondary N) is 1. The second kappa shape index (κ2) is 6.76. The summed E-state index contributed by atoms with van der Waals surface area (Å²) in [4.78, 5) is 10.4. The largest absolute Gasteiger partial charge is 0.393 e. The fraction of sp³-hybridized carbons (Fsp3) is 0.636. The van der Waals surface area contributed by atoms with Crippen LogP contribution in [0.15, 0.2) is 10.8 Å². The minimum absolute atomic E-state index is 0.300. The molecule has 0 amide bonds. The first kappa shape index (κ1) is 14.2. The summed E-state index contributed by atoms with van der Waals surface area (Å²) in [6.07, 6.45) is 1.95. The molecule has 1 atom stereocenters. The number of hydrogen-bond acceptors (Lipinski definition) is 5. The number of nitrogens with zero attached hydrogens (tertiary/aromatic N) is 3. The van der Waals surface area contributed by atoms with Crippen LogP contribution in [0.2, 0.25) is 0 Å². The second-order valence-electron chi connectivity index (χ2n) is 3.95. The van der Waals surface area contributed by atoms with Crippen molar-refractivity contribution in [1.82, 2.24) is 9.97 Å². The molecule has 0 aliphatic heterocycles. The van der Waals surface area contributed by atoms with Gasteiger partial charge in [-0.05, 0) is 36.2 Å². The Balaban J connectivity index is 2.78. The van der Waals surface area contributed by atoms with E-state index in [1.165, 1.54) is 6.33 Å². The first-order valence-electron chi connectivity index (χ1n) is 5.69. The molecule has 1 unspecified atom stereocenters. The zero-order valence-electron chi connectivity index (χ0n) is 10.4. The third kappa shape index (κ3) is 4.12. The van der Waals surface area contributed by atoms with Gasteiger partial charge < -0.3 is 15.3 Å². The van der Waals surface area contributed by atoms with E-state index in [1.807, 2.05) is 18.9 Å². The summed E-state index contributed by atoms with van der Waals surface area (Å²) in [7, 11) is 1.95. The maximum atomic E-state index is 9.27. The molecule has 1 heterocycles. The Morgan fingerprint density at radius 1 is 1.53 bits per heavy atom. The van der Waals surface area contributed by atoms with E-state index in [1.54, 1.807) is 6.92 Å². The van der Waals surface area contributed by atoms with Crippen molar-refractivity contribution in [3.63, 3.8) is 0 Å². The maximum Gasteiger partial charge on any atom is 0.148 e. The molecule has 1 rings (SSSR count). The van der Waals surface area contributed by atoms with Crippen molar-refractivity contribution in [3.05, 3.63) is 10.8 Å². The molecule has 17 heavy (non-hydrogen) atoms. The summed E-state index contributed by atoms with van der Waals surface area (Å²) >= 11 is 3.50. The van der Waals surface area contributed by atoms with Crippen molar-refractivity contribution in [2.24, 2.45) is 0 Å². The maximum absolute atomic E-state index is 9.27. The summed E-state index contributed by atoms with van der Waals surface area (Å²) in [5, 5.41) is 12.4. The molecule has 0 aliphatic carbocycles. The number of rotatable bonds is 6. The lowest BCUT2D eigenvalue weighted by atomic mass is 10.3. The molecular weight excluding hydrogens is 284 g/mol. The molecule has 96 valence electrons. The van der Waals surface area contributed by atoms with Crippen LogP contribution in [0.3, 0.4) is 0 Å². The standard InChI is InChI=1S/C11H19BrN4O/c1-4-13-10-9(12)11(15-7-14-10)16(3)6-5-8(2)17/h7-8,17H,4-6H2,1-3H3,(H,13,14,15). The molecule has 0 saturated carbocycles. The molecule has 5 nitrogen and oxygen atoms in total. The lowest BCUT2D eigenvalue weighted by Gasteiger charge is -2.21. The Kier molecular flexibility index (Phi) is 5.64. The van der Waals surface area contributed by atoms with Gasteiger partial charge in [-0.3, -0.25) is 0 Å². The molecule has 1 aromatic rings. The summed E-state index contributed by atoms with van der Waals surface area (Å²) < 4.78 is 0.856. The van der Waals surface area contributed by atoms with Crippen LogP contribution < -0.4 is 10.2 Å². The predicted molar refractivity (Wildman–Crippen MR) is 73.5 cm³/mol. The highest BCUT2D eigenvalue weighted by Gasteiger charge is 2.12. The van der Waals surface area contributed by atoms with Crippen molar-refractivity contribution in [2.75, 3.05) is 30.4 Å². The minimum atomic E-state index is -0.300. The molecule has 0 aromatic carbocycles. The van der Waals surface area contributed by atoms with E-state index in [0.717, 1.165) is 29.2 Å². The zero-order chi connectivity index (χ0) is 12.8. The van der Waals surface area contributed by atoms with Crippen LogP contribution in [0.4, 0.5) is 11.6 Å². The SMILES string of the molecule is CCNc1ncnc(N(C)CCC(C)O)c1Br. The number of aromatic nitrogens is 2. The van der Waals surface area contributed by atoms with Crippen LogP contribution in [0, 0.1) is 0 Å². The topological polar surface area (TPSA) is 61.3 Å². The Hall–Kier alpha value is -0.880. The number of halogens is 1. The summed E-state index contributed by atoms with van der Waals surface area (Å²) in [6.45, 7) is 5.36. The van der Waals surface area contributed by atoms with Gasteiger partial charge in [0.1, 0.15) is 22.4 Å². The first-order chi connectivity index (χ1) is 8.06. The van der Waals surface area contributed by atoms with Crippen molar-refractivity contribution in [3.8, 4) is 0 Å². The van der Waals surface area contributed by atoms with Gasteiger partial charge in [0.2, 0.25) is 0 Å². The van der Waals surface area contributed by atoms with Gasteiger partial charge in [-0.1, -0.05) is 0 Å². The fourth-order valence-corrected chi connectivity index (χ4v) is 2.05. The van der Waals surface area contributed by atoms with E-state index < -0.39 is 0 Å². The lowest BCUT2D eigenvalue weighted by molar-refractivity contribution is 0.187. The molecule has 0 spiro atoms. The van der Waals surface area contributed by atoms with Crippen LogP contribution in [-0.4, -0.2) is 41.3 Å². The molecule has 0 fully saturated rings. The van der Waals surface area contributed by atoms with Gasteiger partial charge in [-0.2, -0.15) is 0 Å². The van der Waals surface area contributed by atoms with E-state index >= 15 is 0 Å². The molecule has 0 aliphatic rings. The Morgan fingerprint density at radius 3 is 2.82 bits per heavy atom. The average molecular weight is 303 g/mol. The Labute approximate surface area is 110 Å². The minimum Gasteiger partial charge on any atom is -0.393 e. The van der Waals surface area contributed by atoms with Crippen LogP contribution in [0.1, 0.15) is 20.3 Å². The number of anilines is 2. The van der Waals surface area contributed by atoms with E-state index in [9.17, 15) is 5.11 Å². The van der Waals surface area contributed by atoms with E-state index in [4.69, 9.17) is 0 Å². The zero-order valence-corrected chi connectivity index (χ0v) is 12.0. The van der Waals surface area contributed by atoms with Gasteiger partial charge in [-0.25, -0.2) is 9.97 Å². The molecular formula is C11H19BrN4O.